The van der Waals surface area contributed by atoms with Gasteiger partial charge in [-0.1, -0.05) is 0 Å². The third-order valence-corrected chi connectivity index (χ3v) is 6.90. The van der Waals surface area contributed by atoms with Gasteiger partial charge < -0.3 is 4.74 Å². The zero-order valence-corrected chi connectivity index (χ0v) is 18.5. The largest absolute Gasteiger partial charge is 0.373 e. The average Bonchev–Trinajstić information content (AvgIpc) is 3.53. The second-order valence-electron chi connectivity index (χ2n) is 9.18. The molecule has 2 fully saturated rings. The molecule has 0 N–H and O–H groups in total. The number of ether oxygens (including phenoxy) is 1. The van der Waals surface area contributed by atoms with Crippen LogP contribution in [0.15, 0.2) is 36.7 Å². The van der Waals surface area contributed by atoms with Crippen molar-refractivity contribution in [3.63, 3.8) is 0 Å². The van der Waals surface area contributed by atoms with Gasteiger partial charge in [0.15, 0.2) is 0 Å². The molecule has 1 aliphatic carbocycles. The van der Waals surface area contributed by atoms with Crippen LogP contribution >= 0.6 is 0 Å². The Kier molecular flexibility index (Phi) is 4.84. The number of pyridine rings is 1. The molecule has 2 aliphatic heterocycles. The fraction of sp³-hybridized carbons (Fsp3) is 0.360. The summed E-state index contributed by atoms with van der Waals surface area (Å²) in [7, 11) is 1.39. The summed E-state index contributed by atoms with van der Waals surface area (Å²) in [5.41, 5.74) is 1.89. The standard InChI is InChI=1S/C25H22F2N4O3/c1-30-24(32)18-10-20(29-23(22(18)25(30)33)17-5-2-15(26)9-19(17)27)13-6-7-34-21(8-13)14-11-28-31(12-14)16-3-4-16/h2,5,9-13,16,21H,3-4,6-8H2,1H3/t13-,21+/m1/s1. The lowest BCUT2D eigenvalue weighted by Crippen LogP contribution is -2.24. The molecule has 1 saturated carbocycles. The van der Waals surface area contributed by atoms with Crippen molar-refractivity contribution in [3.05, 3.63) is 70.7 Å². The Balaban J connectivity index is 1.40. The van der Waals surface area contributed by atoms with Gasteiger partial charge in [0.25, 0.3) is 11.8 Å². The maximum absolute atomic E-state index is 14.7. The lowest BCUT2D eigenvalue weighted by Gasteiger charge is -2.29. The van der Waals surface area contributed by atoms with E-state index in [1.165, 1.54) is 13.1 Å². The van der Waals surface area contributed by atoms with Crippen LogP contribution in [0.4, 0.5) is 8.78 Å². The number of imide groups is 1. The van der Waals surface area contributed by atoms with Crippen molar-refractivity contribution >= 4 is 11.8 Å². The van der Waals surface area contributed by atoms with Crippen molar-refractivity contribution in [2.45, 2.75) is 43.7 Å². The molecule has 4 heterocycles. The first kappa shape index (κ1) is 21.1. The number of aromatic nitrogens is 3. The lowest BCUT2D eigenvalue weighted by molar-refractivity contribution is 0.00460. The Morgan fingerprint density at radius 3 is 2.65 bits per heavy atom. The SMILES string of the molecule is CN1C(=O)c2cc([C@@H]3CCO[C@H](c4cnn(C5CC5)c4)C3)nc(-c3ccc(F)cc3F)c2C1=O. The van der Waals surface area contributed by atoms with Gasteiger partial charge >= 0.3 is 0 Å². The van der Waals surface area contributed by atoms with E-state index in [-0.39, 0.29) is 34.4 Å². The molecule has 7 nitrogen and oxygen atoms in total. The summed E-state index contributed by atoms with van der Waals surface area (Å²) in [5, 5.41) is 4.46. The summed E-state index contributed by atoms with van der Waals surface area (Å²) in [6.07, 6.45) is 7.24. The number of hydrogen-bond donors (Lipinski definition) is 0. The quantitative estimate of drug-likeness (QED) is 0.535. The lowest BCUT2D eigenvalue weighted by atomic mass is 9.88. The van der Waals surface area contributed by atoms with E-state index in [0.29, 0.717) is 31.2 Å². The van der Waals surface area contributed by atoms with Crippen LogP contribution in [0, 0.1) is 11.6 Å². The highest BCUT2D eigenvalue weighted by Gasteiger charge is 2.39. The molecular formula is C25H22F2N4O3. The highest BCUT2D eigenvalue weighted by molar-refractivity contribution is 6.23. The second-order valence-corrected chi connectivity index (χ2v) is 9.18. The first-order chi connectivity index (χ1) is 16.4. The predicted molar refractivity (Wildman–Crippen MR) is 117 cm³/mol. The van der Waals surface area contributed by atoms with E-state index in [0.717, 1.165) is 35.4 Å². The molecule has 0 unspecified atom stereocenters. The molecule has 1 saturated heterocycles. The number of fused-ring (bicyclic) bond motifs is 1. The molecule has 34 heavy (non-hydrogen) atoms. The van der Waals surface area contributed by atoms with Crippen molar-refractivity contribution in [2.75, 3.05) is 13.7 Å². The Morgan fingerprint density at radius 1 is 1.06 bits per heavy atom. The molecule has 3 aliphatic rings. The average molecular weight is 464 g/mol. The van der Waals surface area contributed by atoms with Crippen LogP contribution in [0.1, 0.15) is 75.7 Å². The molecule has 174 valence electrons. The molecular weight excluding hydrogens is 442 g/mol. The number of hydrogen-bond acceptors (Lipinski definition) is 5. The summed E-state index contributed by atoms with van der Waals surface area (Å²) < 4.78 is 36.3. The first-order valence-corrected chi connectivity index (χ1v) is 11.4. The Labute approximate surface area is 194 Å². The van der Waals surface area contributed by atoms with Gasteiger partial charge in [0.2, 0.25) is 0 Å². The van der Waals surface area contributed by atoms with Crippen molar-refractivity contribution < 1.29 is 23.1 Å². The molecule has 3 aromatic rings. The van der Waals surface area contributed by atoms with Crippen molar-refractivity contribution in [3.8, 4) is 11.3 Å². The van der Waals surface area contributed by atoms with Gasteiger partial charge in [0, 0.05) is 48.7 Å². The fourth-order valence-corrected chi connectivity index (χ4v) is 4.83. The minimum absolute atomic E-state index is 0.00901. The predicted octanol–water partition coefficient (Wildman–Crippen LogP) is 4.42. The van der Waals surface area contributed by atoms with Crippen LogP contribution in [0.3, 0.4) is 0 Å². The van der Waals surface area contributed by atoms with Crippen LogP contribution in [0.25, 0.3) is 11.3 Å². The number of rotatable bonds is 4. The minimum atomic E-state index is -0.834. The van der Waals surface area contributed by atoms with E-state index < -0.39 is 23.4 Å². The number of nitrogens with zero attached hydrogens (tertiary/aromatic N) is 4. The topological polar surface area (TPSA) is 77.3 Å². The maximum Gasteiger partial charge on any atom is 0.263 e. The Hall–Kier alpha value is -3.46. The van der Waals surface area contributed by atoms with Crippen LogP contribution in [-0.4, -0.2) is 45.1 Å². The molecule has 0 spiro atoms. The van der Waals surface area contributed by atoms with E-state index in [2.05, 4.69) is 10.1 Å². The molecule has 0 radical (unpaired) electrons. The number of benzene rings is 1. The number of amides is 2. The van der Waals surface area contributed by atoms with E-state index >= 15 is 0 Å². The van der Waals surface area contributed by atoms with Gasteiger partial charge in [-0.3, -0.25) is 24.2 Å². The third-order valence-electron chi connectivity index (χ3n) is 6.90. The molecule has 6 rings (SSSR count). The summed E-state index contributed by atoms with van der Waals surface area (Å²) in [6, 6.07) is 5.24. The van der Waals surface area contributed by atoms with Gasteiger partial charge in [-0.2, -0.15) is 5.10 Å². The molecule has 1 aromatic carbocycles. The van der Waals surface area contributed by atoms with Crippen LogP contribution < -0.4 is 0 Å². The first-order valence-electron chi connectivity index (χ1n) is 11.4. The van der Waals surface area contributed by atoms with Gasteiger partial charge in [-0.15, -0.1) is 0 Å². The van der Waals surface area contributed by atoms with E-state index in [9.17, 15) is 18.4 Å². The van der Waals surface area contributed by atoms with E-state index in [1.807, 2.05) is 17.1 Å². The van der Waals surface area contributed by atoms with Crippen LogP contribution in [-0.2, 0) is 4.74 Å². The second kappa shape index (κ2) is 7.80. The molecule has 2 amide bonds. The number of halogens is 2. The zero-order chi connectivity index (χ0) is 23.6. The smallest absolute Gasteiger partial charge is 0.263 e. The highest BCUT2D eigenvalue weighted by atomic mass is 19.1. The number of carbonyl (C=O) groups excluding carboxylic acids is 2. The van der Waals surface area contributed by atoms with Gasteiger partial charge in [-0.25, -0.2) is 8.78 Å². The summed E-state index contributed by atoms with van der Waals surface area (Å²) in [5.74, 6) is -2.63. The highest BCUT2D eigenvalue weighted by Crippen LogP contribution is 2.41. The molecule has 0 bridgehead atoms. The van der Waals surface area contributed by atoms with Crippen LogP contribution in [0.2, 0.25) is 0 Å². The minimum Gasteiger partial charge on any atom is -0.373 e. The molecule has 2 atom stereocenters. The Bertz CT molecular complexity index is 1330. The molecule has 9 heteroatoms. The van der Waals surface area contributed by atoms with Crippen LogP contribution in [0.5, 0.6) is 0 Å². The van der Waals surface area contributed by atoms with E-state index in [1.54, 1.807) is 6.07 Å². The summed E-state index contributed by atoms with van der Waals surface area (Å²) in [4.78, 5) is 31.3. The zero-order valence-electron chi connectivity index (χ0n) is 18.5. The maximum atomic E-state index is 14.7. The normalized spacial score (nSPS) is 22.4. The van der Waals surface area contributed by atoms with Crippen molar-refractivity contribution in [2.24, 2.45) is 0 Å². The summed E-state index contributed by atoms with van der Waals surface area (Å²) in [6.45, 7) is 0.496. The van der Waals surface area contributed by atoms with Gasteiger partial charge in [-0.05, 0) is 43.9 Å². The molecule has 2 aromatic heterocycles. The third kappa shape index (κ3) is 3.42. The summed E-state index contributed by atoms with van der Waals surface area (Å²) >= 11 is 0. The van der Waals surface area contributed by atoms with Crippen molar-refractivity contribution in [1.29, 1.82) is 0 Å². The van der Waals surface area contributed by atoms with Gasteiger partial charge in [0.05, 0.1) is 35.2 Å². The number of carbonyl (C=O) groups is 2. The van der Waals surface area contributed by atoms with Gasteiger partial charge in [0.1, 0.15) is 11.6 Å². The van der Waals surface area contributed by atoms with E-state index in [4.69, 9.17) is 4.74 Å². The van der Waals surface area contributed by atoms with Crippen molar-refractivity contribution in [1.82, 2.24) is 19.7 Å². The Morgan fingerprint density at radius 2 is 1.88 bits per heavy atom. The monoisotopic (exact) mass is 464 g/mol. The fourth-order valence-electron chi connectivity index (χ4n) is 4.83.